The van der Waals surface area contributed by atoms with Crippen molar-refractivity contribution in [2.45, 2.75) is 24.5 Å². The Morgan fingerprint density at radius 2 is 2.04 bits per heavy atom. The summed E-state index contributed by atoms with van der Waals surface area (Å²) in [6.07, 6.45) is -0.614. The lowest BCUT2D eigenvalue weighted by Gasteiger charge is -2.23. The van der Waals surface area contributed by atoms with Crippen LogP contribution in [0.3, 0.4) is 0 Å². The van der Waals surface area contributed by atoms with Gasteiger partial charge in [0.2, 0.25) is 0 Å². The van der Waals surface area contributed by atoms with Crippen molar-refractivity contribution in [3.63, 3.8) is 0 Å². The van der Waals surface area contributed by atoms with Crippen molar-refractivity contribution in [3.05, 3.63) is 48.0 Å². The van der Waals surface area contributed by atoms with Gasteiger partial charge in [-0.25, -0.2) is 8.42 Å². The third kappa shape index (κ3) is 3.75. The van der Waals surface area contributed by atoms with Gasteiger partial charge >= 0.3 is 0 Å². The molecule has 2 aromatic rings. The van der Waals surface area contributed by atoms with Gasteiger partial charge in [-0.2, -0.15) is 0 Å². The van der Waals surface area contributed by atoms with Gasteiger partial charge in [0.1, 0.15) is 5.75 Å². The second-order valence-corrected chi connectivity index (χ2v) is 7.33. The van der Waals surface area contributed by atoms with Crippen molar-refractivity contribution >= 4 is 27.3 Å². The maximum absolute atomic E-state index is 12.6. The molecule has 1 atom stereocenters. The molecule has 1 aliphatic rings. The van der Waals surface area contributed by atoms with Crippen LogP contribution in [0.15, 0.2) is 47.4 Å². The highest BCUT2D eigenvalue weighted by Crippen LogP contribution is 2.32. The number of rotatable bonds is 5. The van der Waals surface area contributed by atoms with Gasteiger partial charge in [0.25, 0.3) is 15.9 Å². The number of sulfonamides is 1. The monoisotopic (exact) mass is 362 g/mol. The predicted octanol–water partition coefficient (Wildman–Crippen LogP) is 2.35. The predicted molar refractivity (Wildman–Crippen MR) is 93.1 cm³/mol. The van der Waals surface area contributed by atoms with Gasteiger partial charge in [0, 0.05) is 12.8 Å². The molecule has 0 spiro atoms. The Morgan fingerprint density at radius 1 is 1.24 bits per heavy atom. The zero-order valence-corrected chi connectivity index (χ0v) is 14.6. The molecule has 0 radical (unpaired) electrons. The minimum Gasteiger partial charge on any atom is -0.479 e. The first-order valence-electron chi connectivity index (χ1n) is 7.61. The van der Waals surface area contributed by atoms with E-state index in [2.05, 4.69) is 10.0 Å². The lowest BCUT2D eigenvalue weighted by molar-refractivity contribution is -0.122. The number of carbonyl (C=O) groups is 1. The number of nitrogens with one attached hydrogen (secondary N) is 2. The minimum absolute atomic E-state index is 0.0295. The highest BCUT2D eigenvalue weighted by atomic mass is 32.2. The molecule has 0 saturated carbocycles. The van der Waals surface area contributed by atoms with Crippen LogP contribution < -0.4 is 14.8 Å². The number of hydrogen-bond donors (Lipinski definition) is 2. The summed E-state index contributed by atoms with van der Waals surface area (Å²) in [4.78, 5) is 11.7. The van der Waals surface area contributed by atoms with E-state index in [-0.39, 0.29) is 10.8 Å². The van der Waals surface area contributed by atoms with E-state index in [9.17, 15) is 13.2 Å². The third-order valence-corrected chi connectivity index (χ3v) is 5.06. The Kier molecular flexibility index (Phi) is 4.65. The number of methoxy groups -OCH3 is 1. The van der Waals surface area contributed by atoms with Crippen LogP contribution in [-0.2, 0) is 26.2 Å². The van der Waals surface area contributed by atoms with E-state index in [4.69, 9.17) is 9.47 Å². The maximum Gasteiger partial charge on any atom is 0.265 e. The molecule has 0 saturated heterocycles. The number of carbonyl (C=O) groups excluding carboxylic acids is 1. The van der Waals surface area contributed by atoms with E-state index in [1.54, 1.807) is 32.2 Å². The van der Waals surface area contributed by atoms with Crippen LogP contribution in [0, 0.1) is 0 Å². The minimum atomic E-state index is -3.81. The van der Waals surface area contributed by atoms with Crippen molar-refractivity contribution in [1.29, 1.82) is 0 Å². The fourth-order valence-corrected chi connectivity index (χ4v) is 3.54. The fourth-order valence-electron chi connectivity index (χ4n) is 2.46. The molecule has 132 valence electrons. The lowest BCUT2D eigenvalue weighted by Crippen LogP contribution is -2.34. The van der Waals surface area contributed by atoms with E-state index >= 15 is 0 Å². The van der Waals surface area contributed by atoms with Crippen LogP contribution in [0.2, 0.25) is 0 Å². The molecule has 1 amide bonds. The Balaban J connectivity index is 1.87. The quantitative estimate of drug-likeness (QED) is 0.852. The zero-order valence-electron chi connectivity index (χ0n) is 13.8. The average Bonchev–Trinajstić information content (AvgIpc) is 2.56. The van der Waals surface area contributed by atoms with Crippen LogP contribution in [0.5, 0.6) is 5.75 Å². The van der Waals surface area contributed by atoms with Gasteiger partial charge in [-0.3, -0.25) is 9.52 Å². The molecule has 2 aromatic carbocycles. The molecule has 1 heterocycles. The first kappa shape index (κ1) is 17.2. The van der Waals surface area contributed by atoms with Crippen LogP contribution in [0.4, 0.5) is 11.4 Å². The second-order valence-electron chi connectivity index (χ2n) is 5.65. The summed E-state index contributed by atoms with van der Waals surface area (Å²) in [6, 6.07) is 11.3. The summed E-state index contributed by atoms with van der Waals surface area (Å²) in [6.45, 7) is 2.01. The molecule has 0 aliphatic carbocycles. The first-order valence-corrected chi connectivity index (χ1v) is 9.09. The van der Waals surface area contributed by atoms with Crippen LogP contribution in [0.25, 0.3) is 0 Å². The van der Waals surface area contributed by atoms with Gasteiger partial charge in [0.15, 0.2) is 6.10 Å². The largest absolute Gasteiger partial charge is 0.479 e. The highest BCUT2D eigenvalue weighted by molar-refractivity contribution is 7.92. The normalized spacial score (nSPS) is 16.6. The summed E-state index contributed by atoms with van der Waals surface area (Å²) >= 11 is 0. The first-order chi connectivity index (χ1) is 11.9. The molecule has 0 unspecified atom stereocenters. The van der Waals surface area contributed by atoms with Gasteiger partial charge in [-0.15, -0.1) is 0 Å². The Labute approximate surface area is 146 Å². The van der Waals surface area contributed by atoms with E-state index in [0.29, 0.717) is 23.7 Å². The smallest absolute Gasteiger partial charge is 0.265 e. The van der Waals surface area contributed by atoms with Crippen molar-refractivity contribution < 1.29 is 22.7 Å². The Hall–Kier alpha value is -2.58. The van der Waals surface area contributed by atoms with E-state index in [1.165, 1.54) is 18.2 Å². The molecular formula is C17H18N2O5S. The number of benzene rings is 2. The third-order valence-electron chi connectivity index (χ3n) is 3.68. The van der Waals surface area contributed by atoms with Crippen molar-refractivity contribution in [1.82, 2.24) is 0 Å². The molecule has 8 heteroatoms. The molecule has 3 rings (SSSR count). The molecule has 0 fully saturated rings. The maximum atomic E-state index is 12.6. The van der Waals surface area contributed by atoms with Crippen molar-refractivity contribution in [2.75, 3.05) is 17.1 Å². The fraction of sp³-hybridized carbons (Fsp3) is 0.235. The molecule has 2 N–H and O–H groups in total. The van der Waals surface area contributed by atoms with Crippen LogP contribution >= 0.6 is 0 Å². The summed E-state index contributed by atoms with van der Waals surface area (Å²) in [5.74, 6) is 0.121. The Morgan fingerprint density at radius 3 is 2.80 bits per heavy atom. The number of ether oxygens (including phenoxy) is 2. The van der Waals surface area contributed by atoms with Crippen LogP contribution in [-0.4, -0.2) is 27.5 Å². The number of hydrogen-bond acceptors (Lipinski definition) is 5. The average molecular weight is 362 g/mol. The van der Waals surface area contributed by atoms with Gasteiger partial charge in [-0.1, -0.05) is 12.1 Å². The molecule has 7 nitrogen and oxygen atoms in total. The molecule has 0 bridgehead atoms. The van der Waals surface area contributed by atoms with E-state index in [0.717, 1.165) is 5.56 Å². The van der Waals surface area contributed by atoms with Crippen molar-refractivity contribution in [3.8, 4) is 5.75 Å². The molecular weight excluding hydrogens is 344 g/mol. The lowest BCUT2D eigenvalue weighted by atomic mass is 10.2. The highest BCUT2D eigenvalue weighted by Gasteiger charge is 2.25. The standard InChI is InChI=1S/C17H18N2O5S/c1-11-17(20)18-15-9-14(6-7-16(15)24-11)25(21,22)19-13-5-3-4-12(8-13)10-23-2/h3-9,11,19H,10H2,1-2H3,(H,18,20)/t11-/m1/s1. The SMILES string of the molecule is COCc1cccc(NS(=O)(=O)c2ccc3c(c2)NC(=O)[C@@H](C)O3)c1. The van der Waals surface area contributed by atoms with Gasteiger partial charge < -0.3 is 14.8 Å². The van der Waals surface area contributed by atoms with Crippen molar-refractivity contribution in [2.24, 2.45) is 0 Å². The zero-order chi connectivity index (χ0) is 18.0. The topological polar surface area (TPSA) is 93.7 Å². The van der Waals surface area contributed by atoms with Gasteiger partial charge in [-0.05, 0) is 42.8 Å². The van der Waals surface area contributed by atoms with E-state index in [1.807, 2.05) is 6.07 Å². The summed E-state index contributed by atoms with van der Waals surface area (Å²) in [5, 5.41) is 2.64. The number of amides is 1. The summed E-state index contributed by atoms with van der Waals surface area (Å²) < 4.78 is 38.2. The van der Waals surface area contributed by atoms with Gasteiger partial charge in [0.05, 0.1) is 17.2 Å². The molecule has 0 aromatic heterocycles. The molecule has 25 heavy (non-hydrogen) atoms. The Bertz CT molecular complexity index is 911. The number of fused-ring (bicyclic) bond motifs is 1. The summed E-state index contributed by atoms with van der Waals surface area (Å²) in [7, 11) is -2.24. The molecule has 1 aliphatic heterocycles. The van der Waals surface area contributed by atoms with E-state index < -0.39 is 16.1 Å². The number of anilines is 2. The van der Waals surface area contributed by atoms with Crippen LogP contribution in [0.1, 0.15) is 12.5 Å². The summed E-state index contributed by atoms with van der Waals surface area (Å²) in [5.41, 5.74) is 1.61. The second kappa shape index (κ2) is 6.73.